The number of rotatable bonds is 3. The molecule has 0 aliphatic rings. The molecule has 0 aliphatic carbocycles. The molecule has 0 spiro atoms. The second kappa shape index (κ2) is 6.55. The summed E-state index contributed by atoms with van der Waals surface area (Å²) in [5.41, 5.74) is 3.99. The Morgan fingerprint density at radius 3 is 1.57 bits per heavy atom. The fourth-order valence-corrected chi connectivity index (χ4v) is 5.76. The first-order valence-electron chi connectivity index (χ1n) is 7.63. The number of benzene rings is 3. The lowest BCUT2D eigenvalue weighted by atomic mass is 10.1. The summed E-state index contributed by atoms with van der Waals surface area (Å²) in [6.07, 6.45) is 0. The van der Waals surface area contributed by atoms with Crippen LogP contribution in [0.25, 0.3) is 32.3 Å². The Morgan fingerprint density at radius 1 is 0.522 bits per heavy atom. The van der Waals surface area contributed by atoms with Crippen LogP contribution in [0.5, 0.6) is 0 Å². The molecule has 1 aromatic heterocycles. The van der Waals surface area contributed by atoms with Gasteiger partial charge < -0.3 is 0 Å². The second-order valence-electron chi connectivity index (χ2n) is 5.34. The predicted molar refractivity (Wildman–Crippen MR) is 103 cm³/mol. The van der Waals surface area contributed by atoms with Gasteiger partial charge in [0, 0.05) is 0 Å². The molecule has 0 N–H and O–H groups in total. The minimum Gasteiger partial charge on any atom is -0.297 e. The van der Waals surface area contributed by atoms with Gasteiger partial charge in [0.05, 0.1) is 0 Å². The molecule has 110 valence electrons. The maximum Gasteiger partial charge on any atom is -0.0333 e. The van der Waals surface area contributed by atoms with Crippen LogP contribution in [0.1, 0.15) is 0 Å². The molecule has 23 heavy (non-hydrogen) atoms. The van der Waals surface area contributed by atoms with E-state index >= 15 is 0 Å². The van der Waals surface area contributed by atoms with E-state index in [2.05, 4.69) is 91.0 Å². The molecular weight excluding hydrogens is 314 g/mol. The largest absolute Gasteiger partial charge is 0.297 e. The molecule has 4 aromatic rings. The molecule has 3 aromatic carbocycles. The van der Waals surface area contributed by atoms with Gasteiger partial charge in [-0.2, -0.15) is 5.03 Å². The van der Waals surface area contributed by atoms with Crippen LogP contribution in [0, 0.1) is 0 Å². The first-order valence-corrected chi connectivity index (χ1v) is 9.42. The molecular formula is C21H15P2-. The normalized spacial score (nSPS) is 11.3. The van der Waals surface area contributed by atoms with Crippen LogP contribution in [0.15, 0.2) is 91.0 Å². The van der Waals surface area contributed by atoms with Crippen molar-refractivity contribution in [3.05, 3.63) is 91.0 Å². The van der Waals surface area contributed by atoms with Crippen LogP contribution in [-0.2, 0) is 0 Å². The van der Waals surface area contributed by atoms with E-state index in [0.717, 1.165) is 0 Å². The molecule has 0 atom stereocenters. The van der Waals surface area contributed by atoms with Gasteiger partial charge in [-0.05, 0) is 16.7 Å². The Balaban J connectivity index is 1.91. The molecule has 0 saturated carbocycles. The van der Waals surface area contributed by atoms with Crippen molar-refractivity contribution >= 4 is 16.4 Å². The third-order valence-corrected chi connectivity index (χ3v) is 6.91. The molecule has 2 heteroatoms. The van der Waals surface area contributed by atoms with E-state index < -0.39 is 0 Å². The Morgan fingerprint density at radius 2 is 1.00 bits per heavy atom. The summed E-state index contributed by atoms with van der Waals surface area (Å²) in [4.78, 5) is 0. The highest BCUT2D eigenvalue weighted by molar-refractivity contribution is 7.58. The van der Waals surface area contributed by atoms with Crippen molar-refractivity contribution in [2.24, 2.45) is 0 Å². The standard InChI is InChI=1S/C21H15P2/c1-4-10-16(11-5-1)19-20(17-12-6-2-7-13-17)23-21(22-19)18-14-8-3-9-15-18/h1-15H/q-1. The lowest BCUT2D eigenvalue weighted by Crippen LogP contribution is -1.75. The molecule has 0 bridgehead atoms. The van der Waals surface area contributed by atoms with E-state index in [1.807, 2.05) is 0 Å². The van der Waals surface area contributed by atoms with Gasteiger partial charge in [-0.25, -0.2) is 0 Å². The quantitative estimate of drug-likeness (QED) is 0.363. The summed E-state index contributed by atoms with van der Waals surface area (Å²) in [7, 11) is 2.64. The van der Waals surface area contributed by atoms with Crippen LogP contribution in [-0.4, -0.2) is 0 Å². The average Bonchev–Trinajstić information content (AvgIpc) is 3.09. The second-order valence-corrected chi connectivity index (χ2v) is 7.93. The Hall–Kier alpha value is -2.13. The minimum absolute atomic E-state index is 1.32. The fraction of sp³-hybridized carbons (Fsp3) is 0. The summed E-state index contributed by atoms with van der Waals surface area (Å²) in [5.74, 6) is 0. The van der Waals surface area contributed by atoms with Crippen molar-refractivity contribution in [2.75, 3.05) is 0 Å². The minimum atomic E-state index is 1.32. The lowest BCUT2D eigenvalue weighted by molar-refractivity contribution is 1.68. The molecule has 0 unspecified atom stereocenters. The van der Waals surface area contributed by atoms with Crippen molar-refractivity contribution in [1.29, 1.82) is 0 Å². The van der Waals surface area contributed by atoms with Gasteiger partial charge in [0.1, 0.15) is 0 Å². The zero-order chi connectivity index (χ0) is 15.5. The third-order valence-electron chi connectivity index (χ3n) is 3.79. The average molecular weight is 329 g/mol. The van der Waals surface area contributed by atoms with E-state index in [9.17, 15) is 0 Å². The molecule has 0 fully saturated rings. The first-order chi connectivity index (χ1) is 11.4. The topological polar surface area (TPSA) is 0 Å². The van der Waals surface area contributed by atoms with Gasteiger partial charge in [0.15, 0.2) is 0 Å². The van der Waals surface area contributed by atoms with E-state index in [1.54, 1.807) is 0 Å². The van der Waals surface area contributed by atoms with Gasteiger partial charge >= 0.3 is 0 Å². The monoisotopic (exact) mass is 329 g/mol. The van der Waals surface area contributed by atoms with Crippen LogP contribution in [0.2, 0.25) is 0 Å². The zero-order valence-corrected chi connectivity index (χ0v) is 14.3. The van der Waals surface area contributed by atoms with E-state index in [-0.39, 0.29) is 0 Å². The Labute approximate surface area is 140 Å². The number of hydrogen-bond acceptors (Lipinski definition) is 0. The van der Waals surface area contributed by atoms with Gasteiger partial charge in [-0.1, -0.05) is 102 Å². The molecule has 1 heterocycles. The number of hydrogen-bond donors (Lipinski definition) is 0. The lowest BCUT2D eigenvalue weighted by Gasteiger charge is -2.10. The third kappa shape index (κ3) is 3.02. The summed E-state index contributed by atoms with van der Waals surface area (Å²) in [6, 6.07) is 32.3. The van der Waals surface area contributed by atoms with E-state index in [4.69, 9.17) is 0 Å². The molecule has 0 nitrogen and oxygen atoms in total. The van der Waals surface area contributed by atoms with Crippen molar-refractivity contribution < 1.29 is 0 Å². The first kappa shape index (κ1) is 14.5. The summed E-state index contributed by atoms with van der Waals surface area (Å²) < 4.78 is 0. The Kier molecular flexibility index (Phi) is 4.12. The maximum atomic E-state index is 2.22. The Bertz CT molecular complexity index is 838. The highest BCUT2D eigenvalue weighted by Gasteiger charge is 2.04. The smallest absolute Gasteiger partial charge is 0.0333 e. The van der Waals surface area contributed by atoms with Crippen LogP contribution < -0.4 is 0 Å². The predicted octanol–water partition coefficient (Wildman–Crippen LogP) is 7.57. The molecule has 0 amide bonds. The van der Waals surface area contributed by atoms with Crippen molar-refractivity contribution in [1.82, 2.24) is 0 Å². The molecule has 4 rings (SSSR count). The van der Waals surface area contributed by atoms with Crippen molar-refractivity contribution in [2.45, 2.75) is 0 Å². The van der Waals surface area contributed by atoms with Crippen molar-refractivity contribution in [3.8, 4) is 32.3 Å². The van der Waals surface area contributed by atoms with Gasteiger partial charge in [-0.3, -0.25) is 16.4 Å². The van der Waals surface area contributed by atoms with E-state index in [1.165, 1.54) is 48.7 Å². The molecule has 0 aliphatic heterocycles. The van der Waals surface area contributed by atoms with Gasteiger partial charge in [-0.15, -0.1) is 0 Å². The van der Waals surface area contributed by atoms with Gasteiger partial charge in [0.2, 0.25) is 0 Å². The highest BCUT2D eigenvalue weighted by Crippen LogP contribution is 2.53. The summed E-state index contributed by atoms with van der Waals surface area (Å²) in [6.45, 7) is 0. The van der Waals surface area contributed by atoms with E-state index in [0.29, 0.717) is 0 Å². The van der Waals surface area contributed by atoms with Gasteiger partial charge in [0.25, 0.3) is 0 Å². The maximum absolute atomic E-state index is 2.22. The SMILES string of the molecule is c1ccc(-c2pc(-c3ccccc3)c(-c3ccccc3)[p-]2)cc1. The molecule has 0 saturated heterocycles. The molecule has 0 radical (unpaired) electrons. The van der Waals surface area contributed by atoms with Crippen molar-refractivity contribution in [3.63, 3.8) is 0 Å². The summed E-state index contributed by atoms with van der Waals surface area (Å²) in [5, 5.41) is 4.32. The van der Waals surface area contributed by atoms with Crippen LogP contribution >= 0.6 is 16.4 Å². The van der Waals surface area contributed by atoms with Crippen LogP contribution in [0.3, 0.4) is 0 Å². The summed E-state index contributed by atoms with van der Waals surface area (Å²) >= 11 is 0. The van der Waals surface area contributed by atoms with Crippen LogP contribution in [0.4, 0.5) is 0 Å². The fourth-order valence-electron chi connectivity index (χ4n) is 2.65. The zero-order valence-electron chi connectivity index (χ0n) is 12.6. The highest BCUT2D eigenvalue weighted by atomic mass is 31.1.